The molecule has 1 aliphatic heterocycles. The van der Waals surface area contributed by atoms with Gasteiger partial charge in [-0.25, -0.2) is 14.8 Å². The minimum atomic E-state index is -0.481. The van der Waals surface area contributed by atoms with E-state index in [1.165, 1.54) is 11.8 Å². The third-order valence-corrected chi connectivity index (χ3v) is 5.93. The lowest BCUT2D eigenvalue weighted by atomic mass is 10.1. The summed E-state index contributed by atoms with van der Waals surface area (Å²) in [7, 11) is 1.63. The van der Waals surface area contributed by atoms with E-state index in [0.29, 0.717) is 5.90 Å². The molecule has 1 aliphatic rings. The summed E-state index contributed by atoms with van der Waals surface area (Å²) in [6, 6.07) is 27.1. The number of ether oxygens (including phenoxy) is 2. The normalized spacial score (nSPS) is 14.5. The Morgan fingerprint density at radius 3 is 2.44 bits per heavy atom. The second-order valence-corrected chi connectivity index (χ2v) is 8.12. The van der Waals surface area contributed by atoms with Crippen LogP contribution in [-0.4, -0.2) is 24.0 Å². The van der Waals surface area contributed by atoms with Crippen LogP contribution in [-0.2, 0) is 9.53 Å². The monoisotopic (exact) mass is 438 g/mol. The van der Waals surface area contributed by atoms with Crippen LogP contribution in [0.3, 0.4) is 0 Å². The largest absolute Gasteiger partial charge is 0.497 e. The number of nitrogens with zero attached hydrogens (tertiary/aromatic N) is 2. The van der Waals surface area contributed by atoms with E-state index >= 15 is 0 Å². The molecule has 1 aromatic heterocycles. The van der Waals surface area contributed by atoms with Crippen LogP contribution in [0, 0.1) is 0 Å². The molecule has 5 nitrogen and oxygen atoms in total. The Kier molecular flexibility index (Phi) is 5.44. The summed E-state index contributed by atoms with van der Waals surface area (Å²) in [5.41, 5.74) is 2.62. The van der Waals surface area contributed by atoms with E-state index < -0.39 is 5.97 Å². The fraction of sp³-hybridized carbons (Fsp3) is 0.0385. The number of benzene rings is 3. The molecule has 0 spiro atoms. The zero-order valence-electron chi connectivity index (χ0n) is 17.2. The van der Waals surface area contributed by atoms with Gasteiger partial charge in [0.05, 0.1) is 12.6 Å². The zero-order chi connectivity index (χ0) is 21.9. The molecular formula is C26H18N2O3S. The summed E-state index contributed by atoms with van der Waals surface area (Å²) in [5, 5.41) is 1.68. The molecule has 0 saturated carbocycles. The molecule has 32 heavy (non-hydrogen) atoms. The second-order valence-electron chi connectivity index (χ2n) is 7.06. The minimum absolute atomic E-state index is 0.239. The van der Waals surface area contributed by atoms with Crippen LogP contribution in [0.2, 0.25) is 0 Å². The molecule has 0 aliphatic carbocycles. The van der Waals surface area contributed by atoms with Gasteiger partial charge in [0.15, 0.2) is 5.70 Å². The summed E-state index contributed by atoms with van der Waals surface area (Å²) in [5.74, 6) is 0.561. The van der Waals surface area contributed by atoms with E-state index in [9.17, 15) is 4.79 Å². The van der Waals surface area contributed by atoms with Gasteiger partial charge in [-0.3, -0.25) is 0 Å². The predicted octanol–water partition coefficient (Wildman–Crippen LogP) is 5.74. The summed E-state index contributed by atoms with van der Waals surface area (Å²) < 4.78 is 10.8. The van der Waals surface area contributed by atoms with E-state index in [4.69, 9.17) is 14.5 Å². The Morgan fingerprint density at radius 2 is 1.69 bits per heavy atom. The lowest BCUT2D eigenvalue weighted by Crippen LogP contribution is -2.05. The Bertz CT molecular complexity index is 1370. The highest BCUT2D eigenvalue weighted by molar-refractivity contribution is 7.99. The number of cyclic esters (lactones) is 1. The van der Waals surface area contributed by atoms with Crippen molar-refractivity contribution in [1.82, 2.24) is 4.98 Å². The SMILES string of the molecule is COc1ccc2nc(Sc3ccccc3)c(/C=C3\N=C(c4ccccc4)OC3=O)cc2c1. The van der Waals surface area contributed by atoms with Crippen LogP contribution >= 0.6 is 11.8 Å². The standard InChI is InChI=1S/C26H18N2O3S/c1-30-20-12-13-22-18(15-20)14-19(25(28-22)32-21-10-6-3-7-11-21)16-23-26(29)31-24(27-23)17-8-4-2-5-9-17/h2-16H,1H3/b23-16-. The molecule has 0 bridgehead atoms. The Balaban J connectivity index is 1.61. The van der Waals surface area contributed by atoms with Crippen molar-refractivity contribution in [3.8, 4) is 5.75 Å². The molecule has 0 saturated heterocycles. The molecule has 4 aromatic rings. The van der Waals surface area contributed by atoms with Gasteiger partial charge in [-0.2, -0.15) is 0 Å². The van der Waals surface area contributed by atoms with Crippen LogP contribution in [0.15, 0.2) is 106 Å². The lowest BCUT2D eigenvalue weighted by Gasteiger charge is -2.09. The number of fused-ring (bicyclic) bond motifs is 1. The average molecular weight is 439 g/mol. The highest BCUT2D eigenvalue weighted by Crippen LogP contribution is 2.34. The molecule has 0 radical (unpaired) electrons. The number of rotatable bonds is 5. The van der Waals surface area contributed by atoms with Crippen LogP contribution in [0.5, 0.6) is 5.75 Å². The van der Waals surface area contributed by atoms with E-state index in [2.05, 4.69) is 4.99 Å². The van der Waals surface area contributed by atoms with E-state index in [1.807, 2.05) is 84.9 Å². The number of hydrogen-bond donors (Lipinski definition) is 0. The van der Waals surface area contributed by atoms with Crippen molar-refractivity contribution in [1.29, 1.82) is 0 Å². The van der Waals surface area contributed by atoms with Gasteiger partial charge in [-0.1, -0.05) is 48.2 Å². The summed E-state index contributed by atoms with van der Waals surface area (Å²) in [6.07, 6.45) is 1.73. The summed E-state index contributed by atoms with van der Waals surface area (Å²) in [4.78, 5) is 22.9. The average Bonchev–Trinajstić information content (AvgIpc) is 3.20. The number of carbonyl (C=O) groups excluding carboxylic acids is 1. The van der Waals surface area contributed by atoms with E-state index in [0.717, 1.165) is 37.7 Å². The third kappa shape index (κ3) is 4.13. The minimum Gasteiger partial charge on any atom is -0.497 e. The molecular weight excluding hydrogens is 420 g/mol. The molecule has 0 fully saturated rings. The van der Waals surface area contributed by atoms with Gasteiger partial charge >= 0.3 is 5.97 Å². The fourth-order valence-electron chi connectivity index (χ4n) is 3.33. The first-order chi connectivity index (χ1) is 15.7. The van der Waals surface area contributed by atoms with Crippen molar-refractivity contribution in [2.75, 3.05) is 7.11 Å². The van der Waals surface area contributed by atoms with Gasteiger partial charge in [0.25, 0.3) is 0 Å². The number of pyridine rings is 1. The predicted molar refractivity (Wildman–Crippen MR) is 126 cm³/mol. The van der Waals surface area contributed by atoms with Crippen LogP contribution < -0.4 is 4.74 Å². The number of carbonyl (C=O) groups is 1. The first-order valence-electron chi connectivity index (χ1n) is 9.99. The summed E-state index contributed by atoms with van der Waals surface area (Å²) >= 11 is 1.53. The Labute approximate surface area is 189 Å². The second kappa shape index (κ2) is 8.69. The van der Waals surface area contributed by atoms with E-state index in [-0.39, 0.29) is 5.70 Å². The van der Waals surface area contributed by atoms with Crippen LogP contribution in [0.25, 0.3) is 17.0 Å². The van der Waals surface area contributed by atoms with Gasteiger partial charge in [0.1, 0.15) is 10.8 Å². The number of esters is 1. The maximum absolute atomic E-state index is 12.5. The van der Waals surface area contributed by atoms with Crippen molar-refractivity contribution < 1.29 is 14.3 Å². The molecule has 0 atom stereocenters. The number of aliphatic imine (C=N–C) groups is 1. The van der Waals surface area contributed by atoms with Crippen molar-refractivity contribution in [3.05, 3.63) is 102 Å². The number of aromatic nitrogens is 1. The first-order valence-corrected chi connectivity index (χ1v) is 10.8. The zero-order valence-corrected chi connectivity index (χ0v) is 18.0. The molecule has 5 rings (SSSR count). The first kappa shape index (κ1) is 20.0. The van der Waals surface area contributed by atoms with Crippen molar-refractivity contribution >= 4 is 40.6 Å². The quantitative estimate of drug-likeness (QED) is 0.294. The third-order valence-electron chi connectivity index (χ3n) is 4.91. The molecule has 0 unspecified atom stereocenters. The number of methoxy groups -OCH3 is 1. The Hall–Kier alpha value is -3.90. The molecule has 156 valence electrons. The smallest absolute Gasteiger partial charge is 0.363 e. The van der Waals surface area contributed by atoms with Gasteiger partial charge in [0.2, 0.25) is 5.90 Å². The molecule has 2 heterocycles. The summed E-state index contributed by atoms with van der Waals surface area (Å²) in [6.45, 7) is 0. The molecule has 6 heteroatoms. The van der Waals surface area contributed by atoms with Gasteiger partial charge < -0.3 is 9.47 Å². The van der Waals surface area contributed by atoms with Crippen molar-refractivity contribution in [3.63, 3.8) is 0 Å². The maximum atomic E-state index is 12.5. The molecule has 0 N–H and O–H groups in total. The molecule has 0 amide bonds. The van der Waals surface area contributed by atoms with Gasteiger partial charge in [-0.15, -0.1) is 0 Å². The van der Waals surface area contributed by atoms with E-state index in [1.54, 1.807) is 13.2 Å². The van der Waals surface area contributed by atoms with Crippen molar-refractivity contribution in [2.24, 2.45) is 4.99 Å². The molecule has 3 aromatic carbocycles. The van der Waals surface area contributed by atoms with Crippen LogP contribution in [0.1, 0.15) is 11.1 Å². The van der Waals surface area contributed by atoms with Crippen molar-refractivity contribution in [2.45, 2.75) is 9.92 Å². The van der Waals surface area contributed by atoms with Crippen LogP contribution in [0.4, 0.5) is 0 Å². The topological polar surface area (TPSA) is 60.8 Å². The fourth-order valence-corrected chi connectivity index (χ4v) is 4.22. The van der Waals surface area contributed by atoms with Gasteiger partial charge in [-0.05, 0) is 54.6 Å². The Morgan fingerprint density at radius 1 is 0.938 bits per heavy atom. The maximum Gasteiger partial charge on any atom is 0.363 e. The number of hydrogen-bond acceptors (Lipinski definition) is 6. The highest BCUT2D eigenvalue weighted by Gasteiger charge is 2.24. The lowest BCUT2D eigenvalue weighted by molar-refractivity contribution is -0.129. The highest BCUT2D eigenvalue weighted by atomic mass is 32.2. The van der Waals surface area contributed by atoms with Gasteiger partial charge in [0, 0.05) is 21.4 Å².